The molecule has 19 heteroatoms. The zero-order valence-electron chi connectivity index (χ0n) is 22.6. The van der Waals surface area contributed by atoms with Crippen LogP contribution in [0, 0.1) is 0 Å². The van der Waals surface area contributed by atoms with Crippen molar-refractivity contribution in [3.8, 4) is 5.69 Å². The van der Waals surface area contributed by atoms with E-state index in [-0.39, 0.29) is 127 Å². The molecule has 0 N–H and O–H groups in total. The molecular weight excluding hydrogens is 675 g/mol. The second-order valence-electron chi connectivity index (χ2n) is 8.38. The van der Waals surface area contributed by atoms with Crippen molar-refractivity contribution in [2.24, 2.45) is 0 Å². The van der Waals surface area contributed by atoms with Gasteiger partial charge < -0.3 is 13.7 Å². The molecule has 0 aliphatic carbocycles. The van der Waals surface area contributed by atoms with Gasteiger partial charge in [-0.3, -0.25) is 0 Å². The van der Waals surface area contributed by atoms with Gasteiger partial charge in [-0.2, -0.15) is 4.80 Å². The number of aromatic nitrogens is 3. The second kappa shape index (κ2) is 14.4. The summed E-state index contributed by atoms with van der Waals surface area (Å²) in [5, 5.41) is 8.91. The van der Waals surface area contributed by atoms with Crippen LogP contribution in [-0.2, 0) is 30.4 Å². The first kappa shape index (κ1) is 38.5. The Bertz CT molecular complexity index is 2230. The number of benzene rings is 4. The predicted octanol–water partition coefficient (Wildman–Crippen LogP) is -5.88. The molecule has 1 heterocycles. The average molecular weight is 688 g/mol. The molecule has 206 valence electrons. The largest absolute Gasteiger partial charge is 1.00 e. The van der Waals surface area contributed by atoms with Crippen LogP contribution in [0.5, 0.6) is 0 Å². The third kappa shape index (κ3) is 8.37. The summed E-state index contributed by atoms with van der Waals surface area (Å²) in [6, 6.07) is 14.3. The van der Waals surface area contributed by atoms with Crippen molar-refractivity contribution in [3.63, 3.8) is 0 Å². The molecule has 5 aromatic rings. The number of hydrogen-bond donors (Lipinski definition) is 0. The minimum Gasteiger partial charge on any atom is -0.744 e. The average Bonchev–Trinajstić information content (AvgIpc) is 3.30. The van der Waals surface area contributed by atoms with E-state index in [1.54, 1.807) is 18.2 Å². The zero-order chi connectivity index (χ0) is 29.0. The van der Waals surface area contributed by atoms with Gasteiger partial charge in [0.25, 0.3) is 0 Å². The second-order valence-corrected chi connectivity index (χ2v) is 12.9. The van der Waals surface area contributed by atoms with Crippen LogP contribution in [0.2, 0.25) is 5.02 Å². The van der Waals surface area contributed by atoms with E-state index in [2.05, 4.69) is 10.2 Å². The van der Waals surface area contributed by atoms with Crippen molar-refractivity contribution < 1.29 is 128 Å². The van der Waals surface area contributed by atoms with E-state index in [0.29, 0.717) is 5.39 Å². The number of rotatable bonds is 6. The monoisotopic (exact) mass is 687 g/mol. The zero-order valence-corrected chi connectivity index (χ0v) is 31.8. The fourth-order valence-corrected chi connectivity index (χ4v) is 6.41. The number of fused-ring (bicyclic) bond motifs is 3. The Morgan fingerprint density at radius 2 is 1.14 bits per heavy atom. The van der Waals surface area contributed by atoms with Crippen LogP contribution in [0.4, 0.5) is 0 Å². The quantitative estimate of drug-likeness (QED) is 0.0935. The molecule has 0 atom stereocenters. The first-order valence-electron chi connectivity index (χ1n) is 10.9. The van der Waals surface area contributed by atoms with E-state index < -0.39 is 45.0 Å². The van der Waals surface area contributed by atoms with E-state index in [1.165, 1.54) is 30.3 Å². The van der Waals surface area contributed by atoms with E-state index in [9.17, 15) is 38.9 Å². The maximum Gasteiger partial charge on any atom is 1.00 e. The molecule has 1 aromatic heterocycles. The van der Waals surface area contributed by atoms with Crippen molar-refractivity contribution in [1.29, 1.82) is 0 Å². The van der Waals surface area contributed by atoms with Crippen molar-refractivity contribution >= 4 is 75.9 Å². The smallest absolute Gasteiger partial charge is 0.744 e. The van der Waals surface area contributed by atoms with Gasteiger partial charge in [0.15, 0.2) is 0 Å². The summed E-state index contributed by atoms with van der Waals surface area (Å²) in [4.78, 5) is -0.885. The molecule has 4 aromatic carbocycles. The molecule has 0 fully saturated rings. The van der Waals surface area contributed by atoms with Crippen molar-refractivity contribution in [2.75, 3.05) is 0 Å². The Labute approximate surface area is 317 Å². The summed E-state index contributed by atoms with van der Waals surface area (Å²) in [6.45, 7) is 0. The Morgan fingerprint density at radius 3 is 1.70 bits per heavy atom. The third-order valence-corrected chi connectivity index (χ3v) is 8.71. The Kier molecular flexibility index (Phi) is 12.9. The molecule has 0 spiro atoms. The van der Waals surface area contributed by atoms with Gasteiger partial charge in [0, 0.05) is 15.8 Å². The van der Waals surface area contributed by atoms with Gasteiger partial charge in [0.05, 0.1) is 20.4 Å². The van der Waals surface area contributed by atoms with Crippen LogP contribution in [0.1, 0.15) is 11.1 Å². The number of halogens is 1. The van der Waals surface area contributed by atoms with Gasteiger partial charge in [-0.15, -0.1) is 10.2 Å². The van der Waals surface area contributed by atoms with Crippen molar-refractivity contribution in [2.45, 2.75) is 14.7 Å². The van der Waals surface area contributed by atoms with Gasteiger partial charge in [0.1, 0.15) is 41.4 Å². The first-order valence-corrected chi connectivity index (χ1v) is 15.5. The molecular formula is C24H13ClN3Na3O9S3. The summed E-state index contributed by atoms with van der Waals surface area (Å²) < 4.78 is 107. The summed E-state index contributed by atoms with van der Waals surface area (Å²) in [5.74, 6) is 0. The van der Waals surface area contributed by atoms with Crippen LogP contribution in [0.25, 0.3) is 39.6 Å². The summed E-state index contributed by atoms with van der Waals surface area (Å²) in [7, 11) is -14.9. The predicted molar refractivity (Wildman–Crippen MR) is 141 cm³/mol. The summed E-state index contributed by atoms with van der Waals surface area (Å²) in [5.41, 5.74) is 0.0246. The molecule has 0 unspecified atom stereocenters. The molecule has 0 aliphatic rings. The van der Waals surface area contributed by atoms with Gasteiger partial charge >= 0.3 is 88.7 Å². The fourth-order valence-electron chi connectivity index (χ4n) is 4.08. The van der Waals surface area contributed by atoms with Gasteiger partial charge in [0.2, 0.25) is 0 Å². The molecule has 12 nitrogen and oxygen atoms in total. The van der Waals surface area contributed by atoms with E-state index in [0.717, 1.165) is 35.1 Å². The fraction of sp³-hybridized carbons (Fsp3) is 0. The van der Waals surface area contributed by atoms with Crippen molar-refractivity contribution in [3.05, 3.63) is 82.9 Å². The van der Waals surface area contributed by atoms with Crippen LogP contribution >= 0.6 is 11.6 Å². The SMILES string of the molecule is O=S(=O)([O-])c1cc(Cl)ccc1/C=C/c1ccc(-n2nc3cc(S(=O)(=O)[O-])c4ccccc4c3n2)cc1S(=O)(=O)[O-].[Na+].[Na+].[Na+]. The Hall–Kier alpha value is -0.700. The summed E-state index contributed by atoms with van der Waals surface area (Å²) in [6.07, 6.45) is 2.28. The molecule has 0 aliphatic heterocycles. The van der Waals surface area contributed by atoms with Crippen LogP contribution in [0.3, 0.4) is 0 Å². The van der Waals surface area contributed by atoms with E-state index in [4.69, 9.17) is 11.6 Å². The van der Waals surface area contributed by atoms with Crippen LogP contribution in [-0.4, -0.2) is 53.9 Å². The molecule has 5 rings (SSSR count). The minimum atomic E-state index is -5.10. The molecule has 43 heavy (non-hydrogen) atoms. The van der Waals surface area contributed by atoms with E-state index in [1.807, 2.05) is 0 Å². The Balaban J connectivity index is 0.00000215. The van der Waals surface area contributed by atoms with Gasteiger partial charge in [-0.25, -0.2) is 25.3 Å². The third-order valence-electron chi connectivity index (χ3n) is 5.81. The number of nitrogens with zero attached hydrogens (tertiary/aromatic N) is 3. The Morgan fingerprint density at radius 1 is 0.628 bits per heavy atom. The standard InChI is InChI=1S/C24H16ClN3O9S3.3Na/c25-16-9-7-14(21(11-16)38(29,30)31)5-6-15-8-10-17(12-22(15)39(32,33)34)28-26-20-13-23(40(35,36)37)18-3-1-2-4-19(18)24(20)27-28;;;/h1-13H,(H,29,30,31)(H,32,33,34)(H,35,36,37);;;/q;3*+1/p-3/b6-5+;;;. The maximum atomic E-state index is 12.1. The number of hydrogen-bond acceptors (Lipinski definition) is 11. The molecule has 0 bridgehead atoms. The molecule has 0 saturated carbocycles. The van der Waals surface area contributed by atoms with Crippen molar-refractivity contribution in [1.82, 2.24) is 15.0 Å². The summed E-state index contributed by atoms with van der Waals surface area (Å²) >= 11 is 5.79. The van der Waals surface area contributed by atoms with Gasteiger partial charge in [-0.1, -0.05) is 60.2 Å². The molecule has 0 amide bonds. The van der Waals surface area contributed by atoms with Crippen LogP contribution in [0.15, 0.2) is 81.4 Å². The molecule has 0 saturated heterocycles. The van der Waals surface area contributed by atoms with E-state index >= 15 is 0 Å². The minimum absolute atomic E-state index is 0. The first-order chi connectivity index (χ1) is 18.6. The van der Waals surface area contributed by atoms with Gasteiger partial charge in [-0.05, 0) is 41.5 Å². The topological polar surface area (TPSA) is 202 Å². The molecule has 0 radical (unpaired) electrons. The van der Waals surface area contributed by atoms with Crippen LogP contribution < -0.4 is 88.7 Å². The maximum absolute atomic E-state index is 12.1. The normalized spacial score (nSPS) is 12.1.